The van der Waals surface area contributed by atoms with E-state index in [-0.39, 0.29) is 11.6 Å². The summed E-state index contributed by atoms with van der Waals surface area (Å²) < 4.78 is 18.8. The Bertz CT molecular complexity index is 570. The average molecular weight is 281 g/mol. The maximum Gasteiger partial charge on any atom is 0.142 e. The van der Waals surface area contributed by atoms with E-state index in [4.69, 9.17) is 16.3 Å². The molecular formula is C15H14ClFO2. The van der Waals surface area contributed by atoms with Gasteiger partial charge in [0.1, 0.15) is 18.2 Å². The number of halogens is 2. The lowest BCUT2D eigenvalue weighted by molar-refractivity contribution is 0.198. The molecule has 0 aromatic heterocycles. The van der Waals surface area contributed by atoms with Gasteiger partial charge < -0.3 is 9.84 Å². The molecule has 2 nitrogen and oxygen atoms in total. The quantitative estimate of drug-likeness (QED) is 0.913. The van der Waals surface area contributed by atoms with Crippen molar-refractivity contribution in [2.24, 2.45) is 0 Å². The van der Waals surface area contributed by atoms with Crippen molar-refractivity contribution >= 4 is 11.6 Å². The molecule has 1 atom stereocenters. The Kier molecular flexibility index (Phi) is 4.40. The highest BCUT2D eigenvalue weighted by Crippen LogP contribution is 2.21. The van der Waals surface area contributed by atoms with Crippen molar-refractivity contribution in [2.75, 3.05) is 0 Å². The van der Waals surface area contributed by atoms with Crippen molar-refractivity contribution in [3.63, 3.8) is 0 Å². The third kappa shape index (κ3) is 3.69. The first-order valence-electron chi connectivity index (χ1n) is 5.91. The summed E-state index contributed by atoms with van der Waals surface area (Å²) in [6, 6.07) is 11.7. The molecule has 2 aromatic carbocycles. The summed E-state index contributed by atoms with van der Waals surface area (Å²) >= 11 is 5.61. The van der Waals surface area contributed by atoms with E-state index < -0.39 is 11.9 Å². The van der Waals surface area contributed by atoms with Crippen LogP contribution in [0, 0.1) is 5.82 Å². The third-order valence-corrected chi connectivity index (χ3v) is 3.04. The molecule has 0 spiro atoms. The van der Waals surface area contributed by atoms with Crippen molar-refractivity contribution in [3.05, 3.63) is 64.4 Å². The molecule has 2 aromatic rings. The zero-order valence-electron chi connectivity index (χ0n) is 10.4. The van der Waals surface area contributed by atoms with E-state index in [1.165, 1.54) is 12.1 Å². The van der Waals surface area contributed by atoms with Crippen LogP contribution in [0.1, 0.15) is 24.2 Å². The van der Waals surface area contributed by atoms with Gasteiger partial charge in [-0.25, -0.2) is 4.39 Å². The Labute approximate surface area is 116 Å². The summed E-state index contributed by atoms with van der Waals surface area (Å²) in [7, 11) is 0. The molecule has 19 heavy (non-hydrogen) atoms. The highest BCUT2D eigenvalue weighted by Gasteiger charge is 2.04. The Morgan fingerprint density at radius 1 is 1.26 bits per heavy atom. The van der Waals surface area contributed by atoms with Crippen LogP contribution in [0.4, 0.5) is 4.39 Å². The number of hydrogen-bond donors (Lipinski definition) is 1. The number of aliphatic hydroxyl groups is 1. The fourth-order valence-corrected chi connectivity index (χ4v) is 1.78. The van der Waals surface area contributed by atoms with Crippen molar-refractivity contribution in [2.45, 2.75) is 19.6 Å². The highest BCUT2D eigenvalue weighted by molar-refractivity contribution is 6.30. The second-order valence-corrected chi connectivity index (χ2v) is 4.69. The van der Waals surface area contributed by atoms with Gasteiger partial charge in [-0.05, 0) is 42.3 Å². The van der Waals surface area contributed by atoms with Crippen LogP contribution in [-0.2, 0) is 6.61 Å². The molecule has 2 rings (SSSR count). The highest BCUT2D eigenvalue weighted by atomic mass is 35.5. The fourth-order valence-electron chi connectivity index (χ4n) is 1.66. The number of rotatable bonds is 4. The molecule has 0 aliphatic heterocycles. The zero-order chi connectivity index (χ0) is 13.8. The van der Waals surface area contributed by atoms with E-state index in [0.717, 1.165) is 5.56 Å². The van der Waals surface area contributed by atoms with E-state index in [0.29, 0.717) is 11.3 Å². The van der Waals surface area contributed by atoms with Crippen LogP contribution in [-0.4, -0.2) is 5.11 Å². The molecule has 100 valence electrons. The van der Waals surface area contributed by atoms with Gasteiger partial charge in [-0.1, -0.05) is 29.8 Å². The SMILES string of the molecule is CC(O)c1cccc(OCc2ccc(Cl)c(F)c2)c1. The molecule has 1 N–H and O–H groups in total. The standard InChI is InChI=1S/C15H14ClFO2/c1-10(18)12-3-2-4-13(8-12)19-9-11-5-6-14(16)15(17)7-11/h2-8,10,18H,9H2,1H3. The Morgan fingerprint density at radius 2 is 2.05 bits per heavy atom. The van der Waals surface area contributed by atoms with Crippen LogP contribution in [0.15, 0.2) is 42.5 Å². The number of benzene rings is 2. The monoisotopic (exact) mass is 280 g/mol. The first-order chi connectivity index (χ1) is 9.06. The summed E-state index contributed by atoms with van der Waals surface area (Å²) in [5.74, 6) is 0.175. The van der Waals surface area contributed by atoms with E-state index in [9.17, 15) is 9.50 Å². The van der Waals surface area contributed by atoms with Crippen molar-refractivity contribution in [1.82, 2.24) is 0 Å². The second kappa shape index (κ2) is 6.04. The van der Waals surface area contributed by atoms with E-state index in [2.05, 4.69) is 0 Å². The molecule has 0 aliphatic rings. The van der Waals surface area contributed by atoms with Crippen LogP contribution in [0.2, 0.25) is 5.02 Å². The van der Waals surface area contributed by atoms with Gasteiger partial charge in [0, 0.05) is 0 Å². The lowest BCUT2D eigenvalue weighted by Gasteiger charge is -2.10. The third-order valence-electron chi connectivity index (χ3n) is 2.73. The predicted octanol–water partition coefficient (Wildman–Crippen LogP) is 4.11. The van der Waals surface area contributed by atoms with Gasteiger partial charge in [-0.2, -0.15) is 0 Å². The van der Waals surface area contributed by atoms with Crippen LogP contribution < -0.4 is 4.74 Å². The zero-order valence-corrected chi connectivity index (χ0v) is 11.2. The van der Waals surface area contributed by atoms with Crippen molar-refractivity contribution < 1.29 is 14.2 Å². The van der Waals surface area contributed by atoms with Gasteiger partial charge in [0.25, 0.3) is 0 Å². The van der Waals surface area contributed by atoms with E-state index in [1.807, 2.05) is 6.07 Å². The molecule has 1 unspecified atom stereocenters. The number of hydrogen-bond acceptors (Lipinski definition) is 2. The summed E-state index contributed by atoms with van der Waals surface area (Å²) in [5, 5.41) is 9.58. The first kappa shape index (κ1) is 13.8. The maximum atomic E-state index is 13.3. The predicted molar refractivity (Wildman–Crippen MR) is 72.8 cm³/mol. The molecule has 0 saturated carbocycles. The van der Waals surface area contributed by atoms with Crippen molar-refractivity contribution in [3.8, 4) is 5.75 Å². The Balaban J connectivity index is 2.05. The maximum absolute atomic E-state index is 13.3. The van der Waals surface area contributed by atoms with Gasteiger partial charge in [-0.3, -0.25) is 0 Å². The van der Waals surface area contributed by atoms with E-state index in [1.54, 1.807) is 31.2 Å². The summed E-state index contributed by atoms with van der Waals surface area (Å²) in [5.41, 5.74) is 1.48. The normalized spacial score (nSPS) is 12.2. The summed E-state index contributed by atoms with van der Waals surface area (Å²) in [4.78, 5) is 0. The molecule has 0 amide bonds. The fraction of sp³-hybridized carbons (Fsp3) is 0.200. The molecule has 0 radical (unpaired) electrons. The van der Waals surface area contributed by atoms with Crippen LogP contribution in [0.5, 0.6) is 5.75 Å². The second-order valence-electron chi connectivity index (χ2n) is 4.29. The summed E-state index contributed by atoms with van der Waals surface area (Å²) in [6.07, 6.45) is -0.545. The largest absolute Gasteiger partial charge is 0.489 e. The molecule has 0 heterocycles. The minimum Gasteiger partial charge on any atom is -0.489 e. The summed E-state index contributed by atoms with van der Waals surface area (Å²) in [6.45, 7) is 1.94. The van der Waals surface area contributed by atoms with Gasteiger partial charge in [0.2, 0.25) is 0 Å². The first-order valence-corrected chi connectivity index (χ1v) is 6.29. The smallest absolute Gasteiger partial charge is 0.142 e. The topological polar surface area (TPSA) is 29.5 Å². The van der Waals surface area contributed by atoms with Gasteiger partial charge in [-0.15, -0.1) is 0 Å². The Hall–Kier alpha value is -1.58. The van der Waals surface area contributed by atoms with Crippen molar-refractivity contribution in [1.29, 1.82) is 0 Å². The van der Waals surface area contributed by atoms with Crippen LogP contribution in [0.3, 0.4) is 0 Å². The number of aliphatic hydroxyl groups excluding tert-OH is 1. The minimum atomic E-state index is -0.545. The molecule has 0 aliphatic carbocycles. The van der Waals surface area contributed by atoms with Crippen LogP contribution >= 0.6 is 11.6 Å². The van der Waals surface area contributed by atoms with Gasteiger partial charge in [0.15, 0.2) is 0 Å². The van der Waals surface area contributed by atoms with Gasteiger partial charge in [0.05, 0.1) is 11.1 Å². The molecule has 4 heteroatoms. The molecule has 0 bridgehead atoms. The molecular weight excluding hydrogens is 267 g/mol. The van der Waals surface area contributed by atoms with E-state index >= 15 is 0 Å². The Morgan fingerprint density at radius 3 is 2.74 bits per heavy atom. The molecule has 0 saturated heterocycles. The van der Waals surface area contributed by atoms with Gasteiger partial charge >= 0.3 is 0 Å². The average Bonchev–Trinajstić information content (AvgIpc) is 2.40. The lowest BCUT2D eigenvalue weighted by atomic mass is 10.1. The lowest BCUT2D eigenvalue weighted by Crippen LogP contribution is -1.98. The number of ether oxygens (including phenoxy) is 1. The minimum absolute atomic E-state index is 0.0971. The molecule has 0 fully saturated rings. The van der Waals surface area contributed by atoms with Crippen LogP contribution in [0.25, 0.3) is 0 Å².